The molecule has 0 spiro atoms. The summed E-state index contributed by atoms with van der Waals surface area (Å²) >= 11 is 5.67. The van der Waals surface area contributed by atoms with E-state index < -0.39 is 0 Å². The fraction of sp³-hybridized carbons (Fsp3) is 0.500. The summed E-state index contributed by atoms with van der Waals surface area (Å²) < 4.78 is 5.43. The van der Waals surface area contributed by atoms with Gasteiger partial charge in [0.15, 0.2) is 0 Å². The Morgan fingerprint density at radius 1 is 1.59 bits per heavy atom. The minimum Gasteiger partial charge on any atom is -0.378 e. The second kappa shape index (κ2) is 5.47. The number of amides is 1. The SMILES string of the molecule is CC1CC(NC(=O)c2ccc(Cl)nc2)CCO1. The number of carbonyl (C=O) groups excluding carboxylic acids is 1. The van der Waals surface area contributed by atoms with Gasteiger partial charge in [0.2, 0.25) is 0 Å². The Kier molecular flexibility index (Phi) is 3.97. The minimum atomic E-state index is -0.103. The van der Waals surface area contributed by atoms with Crippen molar-refractivity contribution < 1.29 is 9.53 Å². The standard InChI is InChI=1S/C12H15ClN2O2/c1-8-6-10(4-5-17-8)15-12(16)9-2-3-11(13)14-7-9/h2-3,7-8,10H,4-6H2,1H3,(H,15,16). The molecule has 0 bridgehead atoms. The smallest absolute Gasteiger partial charge is 0.253 e. The quantitative estimate of drug-likeness (QED) is 0.822. The predicted molar refractivity (Wildman–Crippen MR) is 65.1 cm³/mol. The van der Waals surface area contributed by atoms with Crippen molar-refractivity contribution in [2.75, 3.05) is 6.61 Å². The van der Waals surface area contributed by atoms with Gasteiger partial charge in [0.25, 0.3) is 5.91 Å². The van der Waals surface area contributed by atoms with Crippen LogP contribution in [0.5, 0.6) is 0 Å². The maximum absolute atomic E-state index is 11.9. The molecule has 0 aromatic carbocycles. The van der Waals surface area contributed by atoms with Gasteiger partial charge in [0.1, 0.15) is 5.15 Å². The molecule has 92 valence electrons. The molecule has 1 fully saturated rings. The third kappa shape index (κ3) is 3.41. The van der Waals surface area contributed by atoms with Crippen LogP contribution in [0.15, 0.2) is 18.3 Å². The molecule has 1 aromatic heterocycles. The van der Waals surface area contributed by atoms with Gasteiger partial charge in [-0.05, 0) is 31.9 Å². The lowest BCUT2D eigenvalue weighted by Gasteiger charge is -2.27. The number of carbonyl (C=O) groups is 1. The van der Waals surface area contributed by atoms with Gasteiger partial charge in [-0.3, -0.25) is 4.79 Å². The fourth-order valence-electron chi connectivity index (χ4n) is 1.91. The van der Waals surface area contributed by atoms with E-state index in [0.29, 0.717) is 17.3 Å². The molecule has 2 atom stereocenters. The van der Waals surface area contributed by atoms with Gasteiger partial charge in [-0.1, -0.05) is 11.6 Å². The van der Waals surface area contributed by atoms with Crippen LogP contribution in [0.4, 0.5) is 0 Å². The number of hydrogen-bond acceptors (Lipinski definition) is 3. The van der Waals surface area contributed by atoms with Crippen molar-refractivity contribution >= 4 is 17.5 Å². The number of pyridine rings is 1. The highest BCUT2D eigenvalue weighted by Crippen LogP contribution is 2.14. The second-order valence-electron chi connectivity index (χ2n) is 4.25. The number of halogens is 1. The van der Waals surface area contributed by atoms with Gasteiger partial charge in [-0.25, -0.2) is 4.98 Å². The summed E-state index contributed by atoms with van der Waals surface area (Å²) in [5.41, 5.74) is 0.536. The van der Waals surface area contributed by atoms with Gasteiger partial charge in [-0.15, -0.1) is 0 Å². The third-order valence-electron chi connectivity index (χ3n) is 2.81. The number of nitrogens with zero attached hydrogens (tertiary/aromatic N) is 1. The molecule has 4 nitrogen and oxygen atoms in total. The molecule has 0 radical (unpaired) electrons. The van der Waals surface area contributed by atoms with Crippen molar-refractivity contribution in [2.24, 2.45) is 0 Å². The summed E-state index contributed by atoms with van der Waals surface area (Å²) in [5.74, 6) is -0.103. The monoisotopic (exact) mass is 254 g/mol. The normalized spacial score (nSPS) is 24.4. The van der Waals surface area contributed by atoms with E-state index in [2.05, 4.69) is 10.3 Å². The van der Waals surface area contributed by atoms with Crippen molar-refractivity contribution in [3.8, 4) is 0 Å². The Balaban J connectivity index is 1.94. The van der Waals surface area contributed by atoms with E-state index in [1.807, 2.05) is 6.92 Å². The van der Waals surface area contributed by atoms with Gasteiger partial charge in [0.05, 0.1) is 11.7 Å². The zero-order valence-corrected chi connectivity index (χ0v) is 10.4. The van der Waals surface area contributed by atoms with Crippen molar-refractivity contribution in [3.05, 3.63) is 29.0 Å². The van der Waals surface area contributed by atoms with E-state index in [1.54, 1.807) is 12.1 Å². The largest absolute Gasteiger partial charge is 0.378 e. The lowest BCUT2D eigenvalue weighted by Crippen LogP contribution is -2.41. The Morgan fingerprint density at radius 3 is 3.06 bits per heavy atom. The Labute approximate surface area is 105 Å². The highest BCUT2D eigenvalue weighted by molar-refractivity contribution is 6.29. The van der Waals surface area contributed by atoms with E-state index in [4.69, 9.17) is 16.3 Å². The summed E-state index contributed by atoms with van der Waals surface area (Å²) in [5, 5.41) is 3.37. The molecule has 1 aliphatic heterocycles. The first-order chi connectivity index (χ1) is 8.15. The number of rotatable bonds is 2. The van der Waals surface area contributed by atoms with Crippen LogP contribution >= 0.6 is 11.6 Å². The molecule has 1 N–H and O–H groups in total. The molecule has 2 unspecified atom stereocenters. The molecule has 5 heteroatoms. The van der Waals surface area contributed by atoms with E-state index >= 15 is 0 Å². The molecule has 2 rings (SSSR count). The maximum Gasteiger partial charge on any atom is 0.253 e. The van der Waals surface area contributed by atoms with E-state index in [1.165, 1.54) is 6.20 Å². The van der Waals surface area contributed by atoms with Crippen LogP contribution in [0.2, 0.25) is 5.15 Å². The van der Waals surface area contributed by atoms with Crippen molar-refractivity contribution in [1.29, 1.82) is 0 Å². The summed E-state index contributed by atoms with van der Waals surface area (Å²) in [7, 11) is 0. The maximum atomic E-state index is 11.9. The lowest BCUT2D eigenvalue weighted by atomic mass is 10.0. The third-order valence-corrected chi connectivity index (χ3v) is 3.03. The molecular weight excluding hydrogens is 240 g/mol. The molecule has 0 saturated carbocycles. The Hall–Kier alpha value is -1.13. The first-order valence-electron chi connectivity index (χ1n) is 5.69. The van der Waals surface area contributed by atoms with Gasteiger partial charge in [-0.2, -0.15) is 0 Å². The number of aromatic nitrogens is 1. The first-order valence-corrected chi connectivity index (χ1v) is 6.07. The van der Waals surface area contributed by atoms with E-state index in [9.17, 15) is 4.79 Å². The average molecular weight is 255 g/mol. The van der Waals surface area contributed by atoms with Crippen molar-refractivity contribution in [2.45, 2.75) is 31.9 Å². The Bertz CT molecular complexity index is 394. The first kappa shape index (κ1) is 12.3. The number of hydrogen-bond donors (Lipinski definition) is 1. The number of ether oxygens (including phenoxy) is 1. The molecule has 0 aliphatic carbocycles. The van der Waals surface area contributed by atoms with Crippen LogP contribution in [0, 0.1) is 0 Å². The van der Waals surface area contributed by atoms with Crippen LogP contribution in [-0.4, -0.2) is 29.6 Å². The van der Waals surface area contributed by atoms with Gasteiger partial charge < -0.3 is 10.1 Å². The molecule has 1 aliphatic rings. The van der Waals surface area contributed by atoms with E-state index in [0.717, 1.165) is 12.8 Å². The number of nitrogens with one attached hydrogen (secondary N) is 1. The zero-order valence-electron chi connectivity index (χ0n) is 9.65. The molecule has 2 heterocycles. The lowest BCUT2D eigenvalue weighted by molar-refractivity contribution is 0.0136. The molecule has 1 aromatic rings. The summed E-state index contributed by atoms with van der Waals surface area (Å²) in [6.07, 6.45) is 3.40. The molecule has 1 saturated heterocycles. The zero-order chi connectivity index (χ0) is 12.3. The molecular formula is C12H15ClN2O2. The predicted octanol–water partition coefficient (Wildman–Crippen LogP) is 2.03. The van der Waals surface area contributed by atoms with Crippen LogP contribution < -0.4 is 5.32 Å². The van der Waals surface area contributed by atoms with Crippen LogP contribution in [-0.2, 0) is 4.74 Å². The highest BCUT2D eigenvalue weighted by atomic mass is 35.5. The average Bonchev–Trinajstić information content (AvgIpc) is 2.29. The topological polar surface area (TPSA) is 51.2 Å². The Morgan fingerprint density at radius 2 is 2.41 bits per heavy atom. The second-order valence-corrected chi connectivity index (χ2v) is 4.63. The van der Waals surface area contributed by atoms with Crippen LogP contribution in [0.3, 0.4) is 0 Å². The molecule has 17 heavy (non-hydrogen) atoms. The fourth-order valence-corrected chi connectivity index (χ4v) is 2.02. The van der Waals surface area contributed by atoms with Crippen molar-refractivity contribution in [1.82, 2.24) is 10.3 Å². The minimum absolute atomic E-state index is 0.103. The van der Waals surface area contributed by atoms with Crippen molar-refractivity contribution in [3.63, 3.8) is 0 Å². The molecule has 1 amide bonds. The highest BCUT2D eigenvalue weighted by Gasteiger charge is 2.21. The van der Waals surface area contributed by atoms with Crippen LogP contribution in [0.1, 0.15) is 30.1 Å². The summed E-state index contributed by atoms with van der Waals surface area (Å²) in [6.45, 7) is 2.72. The van der Waals surface area contributed by atoms with Gasteiger partial charge >= 0.3 is 0 Å². The van der Waals surface area contributed by atoms with Crippen LogP contribution in [0.25, 0.3) is 0 Å². The summed E-state index contributed by atoms with van der Waals surface area (Å²) in [4.78, 5) is 15.8. The van der Waals surface area contributed by atoms with E-state index in [-0.39, 0.29) is 18.1 Å². The van der Waals surface area contributed by atoms with Gasteiger partial charge in [0, 0.05) is 18.8 Å². The summed E-state index contributed by atoms with van der Waals surface area (Å²) in [6, 6.07) is 3.47.